The lowest BCUT2D eigenvalue weighted by atomic mass is 9.91. The molecule has 0 amide bonds. The summed E-state index contributed by atoms with van der Waals surface area (Å²) in [6.07, 6.45) is 3.88. The van der Waals surface area contributed by atoms with E-state index in [9.17, 15) is 0 Å². The van der Waals surface area contributed by atoms with Gasteiger partial charge in [-0.15, -0.1) is 0 Å². The monoisotopic (exact) mass is 243 g/mol. The molecule has 96 valence electrons. The molecule has 2 heterocycles. The molecule has 4 rings (SSSR count). The summed E-state index contributed by atoms with van der Waals surface area (Å²) >= 11 is 0. The Hall–Kier alpha value is -0.860. The van der Waals surface area contributed by atoms with E-state index in [4.69, 9.17) is 4.84 Å². The third kappa shape index (κ3) is 1.31. The van der Waals surface area contributed by atoms with Gasteiger partial charge in [0.2, 0.25) is 0 Å². The van der Waals surface area contributed by atoms with E-state index in [-0.39, 0.29) is 5.54 Å². The fourth-order valence-corrected chi connectivity index (χ4v) is 4.19. The molecule has 0 radical (unpaired) electrons. The molecule has 3 fully saturated rings. The molecule has 3 atom stereocenters. The highest BCUT2D eigenvalue weighted by molar-refractivity contribution is 5.33. The van der Waals surface area contributed by atoms with Gasteiger partial charge in [0.05, 0.1) is 6.61 Å². The molecule has 0 bridgehead atoms. The summed E-state index contributed by atoms with van der Waals surface area (Å²) in [6, 6.07) is 11.6. The van der Waals surface area contributed by atoms with Gasteiger partial charge >= 0.3 is 0 Å². The normalized spacial score (nSPS) is 41.2. The highest BCUT2D eigenvalue weighted by Gasteiger charge is 2.68. The van der Waals surface area contributed by atoms with Crippen LogP contribution in [0.1, 0.15) is 44.6 Å². The zero-order valence-electron chi connectivity index (χ0n) is 11.2. The minimum absolute atomic E-state index is 0.234. The minimum atomic E-state index is 0.234. The first-order valence-electron chi connectivity index (χ1n) is 7.11. The number of hydrogen-bond acceptors (Lipinski definition) is 2. The second-order valence-electron chi connectivity index (χ2n) is 6.87. The van der Waals surface area contributed by atoms with Crippen LogP contribution in [0.15, 0.2) is 30.3 Å². The lowest BCUT2D eigenvalue weighted by molar-refractivity contribution is -0.170. The third-order valence-corrected chi connectivity index (χ3v) is 5.37. The highest BCUT2D eigenvalue weighted by atomic mass is 16.7. The molecule has 0 unspecified atom stereocenters. The molecule has 1 aliphatic carbocycles. The molecule has 2 saturated heterocycles. The number of nitrogens with zero attached hydrogens (tertiary/aromatic N) is 1. The van der Waals surface area contributed by atoms with Crippen LogP contribution in [0.3, 0.4) is 0 Å². The summed E-state index contributed by atoms with van der Waals surface area (Å²) in [5.74, 6) is 0.725. The maximum atomic E-state index is 6.05. The first-order chi connectivity index (χ1) is 8.63. The smallest absolute Gasteiger partial charge is 0.0763 e. The number of rotatable bonds is 1. The van der Waals surface area contributed by atoms with Crippen LogP contribution in [0.4, 0.5) is 0 Å². The van der Waals surface area contributed by atoms with Gasteiger partial charge in [0.25, 0.3) is 0 Å². The van der Waals surface area contributed by atoms with E-state index < -0.39 is 0 Å². The largest absolute Gasteiger partial charge is 0.298 e. The topological polar surface area (TPSA) is 12.5 Å². The van der Waals surface area contributed by atoms with Gasteiger partial charge in [0.1, 0.15) is 0 Å². The zero-order valence-corrected chi connectivity index (χ0v) is 11.2. The van der Waals surface area contributed by atoms with Crippen molar-refractivity contribution in [2.75, 3.05) is 6.61 Å². The summed E-state index contributed by atoms with van der Waals surface area (Å²) in [7, 11) is 0. The van der Waals surface area contributed by atoms with Crippen molar-refractivity contribution in [3.63, 3.8) is 0 Å². The van der Waals surface area contributed by atoms with Gasteiger partial charge in [-0.25, -0.2) is 0 Å². The molecule has 0 aromatic heterocycles. The van der Waals surface area contributed by atoms with Gasteiger partial charge in [-0.2, -0.15) is 5.06 Å². The van der Waals surface area contributed by atoms with Crippen molar-refractivity contribution >= 4 is 0 Å². The first kappa shape index (κ1) is 11.0. The molecule has 2 aliphatic heterocycles. The van der Waals surface area contributed by atoms with E-state index in [1.807, 2.05) is 0 Å². The van der Waals surface area contributed by atoms with Crippen LogP contribution >= 0.6 is 0 Å². The summed E-state index contributed by atoms with van der Waals surface area (Å²) in [4.78, 5) is 6.05. The van der Waals surface area contributed by atoms with Crippen LogP contribution in [0.2, 0.25) is 0 Å². The van der Waals surface area contributed by atoms with Crippen LogP contribution in [0.5, 0.6) is 0 Å². The Morgan fingerprint density at radius 3 is 2.78 bits per heavy atom. The van der Waals surface area contributed by atoms with Gasteiger partial charge in [-0.1, -0.05) is 30.3 Å². The van der Waals surface area contributed by atoms with Gasteiger partial charge in [0, 0.05) is 17.0 Å². The number of hydrogen-bond donors (Lipinski definition) is 0. The molecule has 0 N–H and O–H groups in total. The summed E-state index contributed by atoms with van der Waals surface area (Å²) in [6.45, 7) is 5.55. The van der Waals surface area contributed by atoms with Crippen molar-refractivity contribution in [3.05, 3.63) is 35.9 Å². The average Bonchev–Trinajstić information content (AvgIpc) is 2.84. The maximum absolute atomic E-state index is 6.05. The number of benzene rings is 1. The first-order valence-corrected chi connectivity index (χ1v) is 7.11. The molecule has 3 aliphatic rings. The van der Waals surface area contributed by atoms with Crippen LogP contribution < -0.4 is 0 Å². The van der Waals surface area contributed by atoms with E-state index >= 15 is 0 Å². The van der Waals surface area contributed by atoms with Crippen molar-refractivity contribution in [1.29, 1.82) is 0 Å². The highest BCUT2D eigenvalue weighted by Crippen LogP contribution is 2.68. The van der Waals surface area contributed by atoms with Gasteiger partial charge in [-0.3, -0.25) is 4.84 Å². The maximum Gasteiger partial charge on any atom is 0.0763 e. The van der Waals surface area contributed by atoms with Crippen molar-refractivity contribution in [3.8, 4) is 0 Å². The van der Waals surface area contributed by atoms with E-state index in [2.05, 4.69) is 49.2 Å². The Kier molecular flexibility index (Phi) is 2.06. The second-order valence-corrected chi connectivity index (χ2v) is 6.87. The van der Waals surface area contributed by atoms with Crippen LogP contribution in [-0.2, 0) is 4.84 Å². The molecule has 2 nitrogen and oxygen atoms in total. The average molecular weight is 243 g/mol. The zero-order chi connectivity index (χ0) is 12.4. The summed E-state index contributed by atoms with van der Waals surface area (Å²) in [5, 5.41) is 2.32. The van der Waals surface area contributed by atoms with Crippen LogP contribution in [0.25, 0.3) is 0 Å². The Morgan fingerprint density at radius 2 is 2.00 bits per heavy atom. The van der Waals surface area contributed by atoms with E-state index in [1.54, 1.807) is 0 Å². The van der Waals surface area contributed by atoms with Crippen molar-refractivity contribution in [2.24, 2.45) is 5.41 Å². The van der Waals surface area contributed by atoms with E-state index in [1.165, 1.54) is 24.8 Å². The SMILES string of the molecule is CC1(C)CC[C@@H]2N1OC[C@@]21C[C@@H]1c1ccccc1. The van der Waals surface area contributed by atoms with Crippen molar-refractivity contribution in [2.45, 2.75) is 50.6 Å². The third-order valence-electron chi connectivity index (χ3n) is 5.37. The van der Waals surface area contributed by atoms with E-state index in [0.29, 0.717) is 11.5 Å². The Balaban J connectivity index is 1.62. The molecule has 1 saturated carbocycles. The molecule has 1 aromatic rings. The predicted molar refractivity (Wildman–Crippen MR) is 71.1 cm³/mol. The minimum Gasteiger partial charge on any atom is -0.298 e. The molecule has 1 aromatic carbocycles. The van der Waals surface area contributed by atoms with Gasteiger partial charge in [0.15, 0.2) is 0 Å². The fraction of sp³-hybridized carbons (Fsp3) is 0.625. The molecular formula is C16H21NO. The van der Waals surface area contributed by atoms with Crippen molar-refractivity contribution in [1.82, 2.24) is 5.06 Å². The summed E-state index contributed by atoms with van der Waals surface area (Å²) in [5.41, 5.74) is 2.17. The molecule has 18 heavy (non-hydrogen) atoms. The van der Waals surface area contributed by atoms with Gasteiger partial charge < -0.3 is 0 Å². The Bertz CT molecular complexity index is 469. The summed E-state index contributed by atoms with van der Waals surface area (Å²) < 4.78 is 0. The number of fused-ring (bicyclic) bond motifs is 2. The van der Waals surface area contributed by atoms with Crippen LogP contribution in [-0.4, -0.2) is 23.3 Å². The van der Waals surface area contributed by atoms with Crippen molar-refractivity contribution < 1.29 is 4.84 Å². The van der Waals surface area contributed by atoms with Crippen LogP contribution in [0, 0.1) is 5.41 Å². The fourth-order valence-electron chi connectivity index (χ4n) is 4.19. The standard InChI is InChI=1S/C16H21NO/c1-15(2)9-8-14-16(11-18-17(14)15)10-13(16)12-6-4-3-5-7-12/h3-7,13-14H,8-11H2,1-2H3/t13-,14+,16-/m1/s1. The second kappa shape index (κ2) is 3.37. The lowest BCUT2D eigenvalue weighted by Gasteiger charge is -2.29. The molecule has 1 spiro atoms. The van der Waals surface area contributed by atoms with E-state index in [0.717, 1.165) is 12.5 Å². The number of hydroxylamine groups is 2. The Morgan fingerprint density at radius 1 is 1.22 bits per heavy atom. The predicted octanol–water partition coefficient (Wildman–Crippen LogP) is 3.35. The van der Waals surface area contributed by atoms with Gasteiger partial charge in [-0.05, 0) is 44.6 Å². The molecular weight excluding hydrogens is 222 g/mol. The Labute approximate surface area is 109 Å². The molecule has 2 heteroatoms. The lowest BCUT2D eigenvalue weighted by Crippen LogP contribution is -2.39. The quantitative estimate of drug-likeness (QED) is 0.750.